The summed E-state index contributed by atoms with van der Waals surface area (Å²) in [6.07, 6.45) is 2.71. The van der Waals surface area contributed by atoms with E-state index in [-0.39, 0.29) is 16.3 Å². The highest BCUT2D eigenvalue weighted by molar-refractivity contribution is 9.10. The van der Waals surface area contributed by atoms with Gasteiger partial charge in [0, 0.05) is 16.9 Å². The van der Waals surface area contributed by atoms with Gasteiger partial charge in [0.2, 0.25) is 0 Å². The Balaban J connectivity index is 2.36. The standard InChI is InChI=1S/C12H9BrN4O2S/c13-9-4-10(7-16-6-9)20(18,19)17-12-2-1-8(5-14)3-11(12)15/h1-4,6-7,17H,15H2. The third-order valence-corrected chi connectivity index (χ3v) is 4.18. The predicted octanol–water partition coefficient (Wildman–Crippen LogP) is 2.10. The van der Waals surface area contributed by atoms with Gasteiger partial charge in [-0.25, -0.2) is 8.42 Å². The minimum atomic E-state index is -3.78. The third-order valence-electron chi connectivity index (χ3n) is 2.42. The first-order chi connectivity index (χ1) is 9.42. The van der Waals surface area contributed by atoms with E-state index in [1.54, 1.807) is 0 Å². The van der Waals surface area contributed by atoms with E-state index in [2.05, 4.69) is 25.6 Å². The summed E-state index contributed by atoms with van der Waals surface area (Å²) in [5.74, 6) is 0. The number of hydrogen-bond donors (Lipinski definition) is 2. The quantitative estimate of drug-likeness (QED) is 0.822. The molecule has 1 aromatic heterocycles. The molecule has 0 amide bonds. The second kappa shape index (κ2) is 5.48. The Morgan fingerprint density at radius 2 is 2.05 bits per heavy atom. The molecule has 0 fully saturated rings. The van der Waals surface area contributed by atoms with Crippen LogP contribution in [0.2, 0.25) is 0 Å². The molecule has 1 aromatic carbocycles. The van der Waals surface area contributed by atoms with Gasteiger partial charge in [0.05, 0.1) is 23.0 Å². The second-order valence-electron chi connectivity index (χ2n) is 3.86. The van der Waals surface area contributed by atoms with E-state index in [0.29, 0.717) is 10.0 Å². The fourth-order valence-corrected chi connectivity index (χ4v) is 3.06. The molecule has 0 saturated carbocycles. The van der Waals surface area contributed by atoms with Crippen LogP contribution in [0.15, 0.2) is 46.0 Å². The molecule has 102 valence electrons. The molecule has 0 aliphatic rings. The first-order valence-electron chi connectivity index (χ1n) is 5.35. The van der Waals surface area contributed by atoms with Crippen molar-refractivity contribution < 1.29 is 8.42 Å². The number of halogens is 1. The van der Waals surface area contributed by atoms with Crippen molar-refractivity contribution in [3.05, 3.63) is 46.7 Å². The van der Waals surface area contributed by atoms with Gasteiger partial charge < -0.3 is 5.73 Å². The van der Waals surface area contributed by atoms with E-state index >= 15 is 0 Å². The van der Waals surface area contributed by atoms with Crippen LogP contribution in [0, 0.1) is 11.3 Å². The highest BCUT2D eigenvalue weighted by Gasteiger charge is 2.16. The van der Waals surface area contributed by atoms with Crippen LogP contribution in [0.25, 0.3) is 0 Å². The van der Waals surface area contributed by atoms with E-state index in [1.165, 1.54) is 36.7 Å². The minimum absolute atomic E-state index is 0.00985. The summed E-state index contributed by atoms with van der Waals surface area (Å²) in [5, 5.41) is 8.74. The zero-order valence-corrected chi connectivity index (χ0v) is 12.4. The van der Waals surface area contributed by atoms with Crippen molar-refractivity contribution in [3.63, 3.8) is 0 Å². The van der Waals surface area contributed by atoms with Gasteiger partial charge in [0.15, 0.2) is 0 Å². The van der Waals surface area contributed by atoms with Gasteiger partial charge in [0.25, 0.3) is 10.0 Å². The smallest absolute Gasteiger partial charge is 0.263 e. The second-order valence-corrected chi connectivity index (χ2v) is 6.46. The first kappa shape index (κ1) is 14.3. The number of nitrogens with two attached hydrogens (primary N) is 1. The number of anilines is 2. The maximum atomic E-state index is 12.2. The van der Waals surface area contributed by atoms with Crippen LogP contribution in [0.1, 0.15) is 5.56 Å². The lowest BCUT2D eigenvalue weighted by Crippen LogP contribution is -2.14. The molecule has 0 saturated heterocycles. The molecule has 0 atom stereocenters. The molecule has 20 heavy (non-hydrogen) atoms. The molecule has 0 spiro atoms. The van der Waals surface area contributed by atoms with Crippen LogP contribution in [-0.4, -0.2) is 13.4 Å². The van der Waals surface area contributed by atoms with E-state index in [0.717, 1.165) is 0 Å². The first-order valence-corrected chi connectivity index (χ1v) is 7.63. The molecule has 0 unspecified atom stereocenters. The summed E-state index contributed by atoms with van der Waals surface area (Å²) in [5.41, 5.74) is 6.45. The monoisotopic (exact) mass is 352 g/mol. The van der Waals surface area contributed by atoms with Gasteiger partial charge in [-0.15, -0.1) is 0 Å². The number of nitrogens with zero attached hydrogens (tertiary/aromatic N) is 2. The third kappa shape index (κ3) is 3.07. The SMILES string of the molecule is N#Cc1ccc(NS(=O)(=O)c2cncc(Br)c2)c(N)c1. The molecule has 2 aromatic rings. The zero-order valence-electron chi connectivity index (χ0n) is 10.0. The maximum Gasteiger partial charge on any atom is 0.263 e. The van der Waals surface area contributed by atoms with Crippen molar-refractivity contribution in [3.8, 4) is 6.07 Å². The summed E-state index contributed by atoms with van der Waals surface area (Å²) in [4.78, 5) is 3.81. The Morgan fingerprint density at radius 3 is 2.65 bits per heavy atom. The highest BCUT2D eigenvalue weighted by Crippen LogP contribution is 2.23. The Labute approximate surface area is 124 Å². The fraction of sp³-hybridized carbons (Fsp3) is 0. The van der Waals surface area contributed by atoms with Crippen LogP contribution >= 0.6 is 15.9 Å². The van der Waals surface area contributed by atoms with Crippen molar-refractivity contribution in [2.45, 2.75) is 4.90 Å². The molecule has 0 aliphatic carbocycles. The molecular weight excluding hydrogens is 344 g/mol. The lowest BCUT2D eigenvalue weighted by molar-refractivity contribution is 0.600. The van der Waals surface area contributed by atoms with Crippen molar-refractivity contribution in [1.29, 1.82) is 5.26 Å². The highest BCUT2D eigenvalue weighted by atomic mass is 79.9. The number of nitriles is 1. The zero-order chi connectivity index (χ0) is 14.8. The Bertz CT molecular complexity index is 799. The van der Waals surface area contributed by atoms with E-state index < -0.39 is 10.0 Å². The number of aromatic nitrogens is 1. The van der Waals surface area contributed by atoms with Crippen molar-refractivity contribution >= 4 is 37.3 Å². The predicted molar refractivity (Wildman–Crippen MR) is 78.3 cm³/mol. The van der Waals surface area contributed by atoms with Gasteiger partial charge in [-0.2, -0.15) is 5.26 Å². The Kier molecular flexibility index (Phi) is 3.92. The van der Waals surface area contributed by atoms with Crippen LogP contribution in [0.4, 0.5) is 11.4 Å². The largest absolute Gasteiger partial charge is 0.397 e. The molecule has 1 heterocycles. The molecule has 6 nitrogen and oxygen atoms in total. The Hall–Kier alpha value is -2.11. The van der Waals surface area contributed by atoms with E-state index in [9.17, 15) is 8.42 Å². The van der Waals surface area contributed by atoms with Crippen molar-refractivity contribution in [1.82, 2.24) is 4.98 Å². The number of benzene rings is 1. The lowest BCUT2D eigenvalue weighted by Gasteiger charge is -2.10. The van der Waals surface area contributed by atoms with Gasteiger partial charge in [-0.05, 0) is 40.2 Å². The van der Waals surface area contributed by atoms with Crippen molar-refractivity contribution in [2.24, 2.45) is 0 Å². The molecule has 8 heteroatoms. The van der Waals surface area contributed by atoms with E-state index in [1.807, 2.05) is 6.07 Å². The normalized spacial score (nSPS) is 10.8. The van der Waals surface area contributed by atoms with Gasteiger partial charge in [0.1, 0.15) is 4.90 Å². The number of rotatable bonds is 3. The number of nitrogen functional groups attached to an aromatic ring is 1. The summed E-state index contributed by atoms with van der Waals surface area (Å²) in [6, 6.07) is 7.67. The Morgan fingerprint density at radius 1 is 1.30 bits per heavy atom. The number of hydrogen-bond acceptors (Lipinski definition) is 5. The lowest BCUT2D eigenvalue weighted by atomic mass is 10.2. The average Bonchev–Trinajstić information content (AvgIpc) is 2.41. The average molecular weight is 353 g/mol. The molecule has 3 N–H and O–H groups in total. The van der Waals surface area contributed by atoms with Gasteiger partial charge in [-0.1, -0.05) is 0 Å². The molecule has 2 rings (SSSR count). The summed E-state index contributed by atoms with van der Waals surface area (Å²) in [6.45, 7) is 0. The van der Waals surface area contributed by atoms with Crippen LogP contribution in [0.3, 0.4) is 0 Å². The topological polar surface area (TPSA) is 109 Å². The van der Waals surface area contributed by atoms with Crippen LogP contribution < -0.4 is 10.5 Å². The van der Waals surface area contributed by atoms with Crippen LogP contribution in [0.5, 0.6) is 0 Å². The molecular formula is C12H9BrN4O2S. The van der Waals surface area contributed by atoms with E-state index in [4.69, 9.17) is 11.0 Å². The summed E-state index contributed by atoms with van der Waals surface area (Å²) in [7, 11) is -3.78. The number of nitrogens with one attached hydrogen (secondary N) is 1. The molecule has 0 aliphatic heterocycles. The number of pyridine rings is 1. The van der Waals surface area contributed by atoms with Gasteiger partial charge >= 0.3 is 0 Å². The fourth-order valence-electron chi connectivity index (χ4n) is 1.47. The molecule has 0 bridgehead atoms. The van der Waals surface area contributed by atoms with Crippen LogP contribution in [-0.2, 0) is 10.0 Å². The van der Waals surface area contributed by atoms with Crippen molar-refractivity contribution in [2.75, 3.05) is 10.5 Å². The minimum Gasteiger partial charge on any atom is -0.397 e. The summed E-state index contributed by atoms with van der Waals surface area (Å²) >= 11 is 3.16. The summed E-state index contributed by atoms with van der Waals surface area (Å²) < 4.78 is 27.2. The van der Waals surface area contributed by atoms with Gasteiger partial charge in [-0.3, -0.25) is 9.71 Å². The molecule has 0 radical (unpaired) electrons. The maximum absolute atomic E-state index is 12.2. The number of sulfonamides is 1.